The Morgan fingerprint density at radius 3 is 0.474 bits per heavy atom. The van der Waals surface area contributed by atoms with Gasteiger partial charge in [0.25, 0.3) is 0 Å². The van der Waals surface area contributed by atoms with Gasteiger partial charge in [0.15, 0.2) is 0 Å². The summed E-state index contributed by atoms with van der Waals surface area (Å²) in [5, 5.41) is 12.8. The Kier molecular flexibility index (Phi) is 50.6. The predicted molar refractivity (Wildman–Crippen MR) is 654 cm³/mol. The van der Waals surface area contributed by atoms with Crippen molar-refractivity contribution in [3.8, 4) is 0 Å². The van der Waals surface area contributed by atoms with Gasteiger partial charge in [-0.3, -0.25) is 0 Å². The van der Waals surface area contributed by atoms with Crippen LogP contribution in [-0.2, 0) is 112 Å². The molecule has 0 saturated carbocycles. The van der Waals surface area contributed by atoms with Gasteiger partial charge in [-0.1, -0.05) is 490 Å². The van der Waals surface area contributed by atoms with Crippen LogP contribution in [-0.4, -0.2) is 96.9 Å². The maximum absolute atomic E-state index is 4.85. The first-order chi connectivity index (χ1) is 61.8. The van der Waals surface area contributed by atoms with Crippen LogP contribution in [0.5, 0.6) is 0 Å². The van der Waals surface area contributed by atoms with E-state index in [1.54, 1.807) is 43.2 Å². The topological polar surface area (TPSA) is 0 Å². The molecule has 0 atom stereocenters. The molecule has 0 aliphatic rings. The summed E-state index contributed by atoms with van der Waals surface area (Å²) in [7, 11) is -18.9. The quantitative estimate of drug-likeness (QED) is 0.0206. The molecule has 0 fully saturated rings. The summed E-state index contributed by atoms with van der Waals surface area (Å²) in [6.45, 7) is 95.2. The molecule has 744 valence electrons. The smallest absolute Gasteiger partial charge is 0.781 e. The van der Waals surface area contributed by atoms with Gasteiger partial charge in [0, 0.05) is 107 Å². The van der Waals surface area contributed by atoms with Crippen molar-refractivity contribution in [1.29, 1.82) is 0 Å². The molecular weight excluding hydrogens is 2280 g/mol. The van der Waals surface area contributed by atoms with E-state index in [0.717, 1.165) is 50.6 Å². The maximum Gasteiger partial charge on any atom is 2.00 e. The molecule has 0 saturated heterocycles. The van der Waals surface area contributed by atoms with E-state index in [1.807, 2.05) is 48.5 Å². The minimum absolute atomic E-state index is 0. The number of benzene rings is 12. The third-order valence-electron chi connectivity index (χ3n) is 24.2. The van der Waals surface area contributed by atoms with E-state index in [1.165, 1.54) is 41.6 Å². The van der Waals surface area contributed by atoms with Crippen molar-refractivity contribution >= 4 is 219 Å². The van der Waals surface area contributed by atoms with Gasteiger partial charge in [0.1, 0.15) is 0 Å². The van der Waals surface area contributed by atoms with Crippen LogP contribution < -0.4 is 31.8 Å². The first-order valence-electron chi connectivity index (χ1n) is 48.3. The molecule has 12 aromatic rings. The Morgan fingerprint density at radius 2 is 0.343 bits per heavy atom. The maximum atomic E-state index is 4.85. The van der Waals surface area contributed by atoms with Crippen molar-refractivity contribution in [2.24, 2.45) is 0 Å². The molecular formula is C114H164P2Pd3S6Si12. The number of hydrogen-bond acceptors (Lipinski definition) is 6. The second-order valence-corrected chi connectivity index (χ2v) is 125. The van der Waals surface area contributed by atoms with Crippen LogP contribution in [0.1, 0.15) is 64.4 Å². The predicted octanol–water partition coefficient (Wildman–Crippen LogP) is 34.2. The summed E-state index contributed by atoms with van der Waals surface area (Å²) in [5.41, 5.74) is 10.4. The monoisotopic (exact) mass is 2440 g/mol. The Labute approximate surface area is 923 Å². The first-order valence-corrected chi connectivity index (χ1v) is 97.1. The summed E-state index contributed by atoms with van der Waals surface area (Å²) in [6, 6.07) is 115. The molecule has 0 nitrogen and oxygen atoms in total. The van der Waals surface area contributed by atoms with Crippen LogP contribution >= 0.6 is 39.4 Å². The second kappa shape index (κ2) is 54.6. The van der Waals surface area contributed by atoms with E-state index in [0.29, 0.717) is 0 Å². The Morgan fingerprint density at radius 1 is 0.197 bits per heavy atom. The zero-order valence-electron chi connectivity index (χ0n) is 89.6. The molecule has 0 aliphatic carbocycles. The molecule has 0 radical (unpaired) electrons. The molecule has 0 heterocycles. The molecule has 0 N–H and O–H groups in total. The summed E-state index contributed by atoms with van der Waals surface area (Å²) in [6.07, 6.45) is 0. The number of hydrogen-bond donors (Lipinski definition) is 0. The van der Waals surface area contributed by atoms with Gasteiger partial charge in [-0.25, -0.2) is 0 Å². The van der Waals surface area contributed by atoms with Crippen molar-refractivity contribution in [2.75, 3.05) is 0 Å². The Bertz CT molecular complexity index is 4800. The normalized spacial score (nSPS) is 12.5. The number of rotatable bonds is 28. The fraction of sp³-hybridized carbons (Fsp3) is 0.368. The van der Waals surface area contributed by atoms with E-state index < -0.39 is 113 Å². The Hall–Kier alpha value is -2.33. The third kappa shape index (κ3) is 39.0. The first kappa shape index (κ1) is 127. The van der Waals surface area contributed by atoms with Gasteiger partial charge in [0.05, 0.1) is 0 Å². The molecule has 0 bridgehead atoms. The van der Waals surface area contributed by atoms with Crippen LogP contribution in [0.3, 0.4) is 0 Å². The van der Waals surface area contributed by atoms with Crippen molar-refractivity contribution in [1.82, 2.24) is 0 Å². The van der Waals surface area contributed by atoms with E-state index in [4.69, 9.17) is 50.5 Å². The third-order valence-corrected chi connectivity index (χ3v) is 88.9. The molecule has 0 spiro atoms. The fourth-order valence-electron chi connectivity index (χ4n) is 22.7. The minimum Gasteiger partial charge on any atom is -0.781 e. The van der Waals surface area contributed by atoms with Crippen LogP contribution in [0.4, 0.5) is 0 Å². The van der Waals surface area contributed by atoms with Crippen molar-refractivity contribution < 1.29 is 61.3 Å². The molecule has 0 aliphatic heterocycles. The zero-order valence-corrected chi connectivity index (χ0v) is 113. The molecule has 23 heteroatoms. The molecule has 0 amide bonds. The van der Waals surface area contributed by atoms with E-state index >= 15 is 0 Å². The summed E-state index contributed by atoms with van der Waals surface area (Å²) < 4.78 is 0. The standard InChI is InChI=1S/2C33H63SSi6.2C18H15P.2C6H6S2.3Pd/c2*1-35(2,3)31(36(4,5)6)26-24-28(32(37(7,8)9)38(10,11)12)30(34-27-22-20-19-21-23-27)29(25-26)33(39(13,14)15)40(16,17)18;2*1-4-10-16(11-5-1)19(17-12-6-2-7-13-17)18-14-8-3-9-15-18;2*7-5-3-1-2-4-6(5)8;;;/h2*19-22,24-25,31-33H,1-18H3;2*1-15H;2*1-4,7-8H;;;/q2*-1;;;;;3*+2/p-4. The molecule has 137 heavy (non-hydrogen) atoms. The second-order valence-electron chi connectivity index (χ2n) is 49.3. The van der Waals surface area contributed by atoms with Gasteiger partial charge in [0.2, 0.25) is 0 Å². The molecule has 0 unspecified atom stereocenters. The van der Waals surface area contributed by atoms with E-state index in [9.17, 15) is 0 Å². The van der Waals surface area contributed by atoms with Crippen LogP contribution in [0.2, 0.25) is 236 Å². The zero-order chi connectivity index (χ0) is 100. The summed E-state index contributed by atoms with van der Waals surface area (Å²) >= 11 is 23.5. The Balaban J connectivity index is 0.000000371. The van der Waals surface area contributed by atoms with Crippen molar-refractivity contribution in [3.63, 3.8) is 0 Å². The molecule has 12 aromatic carbocycles. The van der Waals surface area contributed by atoms with Crippen LogP contribution in [0.25, 0.3) is 0 Å². The summed E-state index contributed by atoms with van der Waals surface area (Å²) in [5.74, 6) is 0. The van der Waals surface area contributed by atoms with Gasteiger partial charge in [-0.05, 0) is 112 Å². The minimum atomic E-state index is -1.53. The fourth-order valence-corrected chi connectivity index (χ4v) is 107. The average molecular weight is 2450 g/mol. The van der Waals surface area contributed by atoms with Gasteiger partial charge >= 0.3 is 61.3 Å². The molecule has 0 aromatic heterocycles. The van der Waals surface area contributed by atoms with E-state index in [2.05, 4.69) is 526 Å². The van der Waals surface area contributed by atoms with Crippen LogP contribution in [0, 0.1) is 12.1 Å². The summed E-state index contributed by atoms with van der Waals surface area (Å²) in [4.78, 5) is 8.87. The SMILES string of the molecule is C[Si](C)(C)C(c1cc(C([Si](C)(C)C)[Si](C)(C)C)c(Sc2[c-]cccc2)c(C([Si](C)(C)C)[Si](C)(C)C)c1)[Si](C)(C)C.C[Si](C)(C)C(c1cc(C([Si](C)(C)C)[Si](C)(C)C)c(Sc2[c-]cccc2)c(C([Si](C)(C)C)[Si](C)(C)C)c1)[Si](C)(C)C.[Pd+2].[Pd+2].[Pd+2].[S-]c1ccccc1[S-].[S-]c1ccccc1[S-].c1ccc(P(c2ccccc2)c2ccccc2)cc1.c1ccc(P(c2ccccc2)c2ccccc2)cc1. The van der Waals surface area contributed by atoms with E-state index in [-0.39, 0.29) is 61.3 Å². The van der Waals surface area contributed by atoms with Gasteiger partial charge in [-0.2, -0.15) is 80.2 Å². The van der Waals surface area contributed by atoms with Crippen molar-refractivity contribution in [3.05, 3.63) is 349 Å². The van der Waals surface area contributed by atoms with Crippen molar-refractivity contribution in [2.45, 2.75) is 306 Å². The van der Waals surface area contributed by atoms with Crippen LogP contribution in [0.15, 0.2) is 342 Å². The molecule has 12 rings (SSSR count). The average Bonchev–Trinajstić information content (AvgIpc) is 0.735. The largest absolute Gasteiger partial charge is 2.00 e. The van der Waals surface area contributed by atoms with Gasteiger partial charge < -0.3 is 50.5 Å². The van der Waals surface area contributed by atoms with Gasteiger partial charge in [-0.15, -0.1) is 33.3 Å².